The number of benzene rings is 6. The van der Waals surface area contributed by atoms with Gasteiger partial charge in [-0.2, -0.15) is 0 Å². The maximum absolute atomic E-state index is 13.0. The largest absolute Gasteiger partial charge is 0.358 e. The molecule has 386 valence electrons. The number of amides is 6. The number of carbonyl (C=O) groups is 6. The van der Waals surface area contributed by atoms with Gasteiger partial charge in [0.25, 0.3) is 0 Å². The number of aromatic amines is 3. The smallest absolute Gasteiger partial charge is 0.226 e. The van der Waals surface area contributed by atoms with Crippen LogP contribution in [0.5, 0.6) is 0 Å². The molecule has 0 saturated heterocycles. The number of H-pyrrole nitrogens is 3. The summed E-state index contributed by atoms with van der Waals surface area (Å²) >= 11 is 0. The molecule has 15 heteroatoms. The maximum atomic E-state index is 13.0. The second-order valence-corrected chi connectivity index (χ2v) is 19.1. The molecule has 9 aromatic rings. The number of hydrogen-bond donors (Lipinski definition) is 9. The van der Waals surface area contributed by atoms with E-state index in [1.807, 2.05) is 166 Å². The van der Waals surface area contributed by atoms with Gasteiger partial charge in [0.2, 0.25) is 35.4 Å². The van der Waals surface area contributed by atoms with Crippen LogP contribution in [0, 0.1) is 20.8 Å². The predicted octanol–water partition coefficient (Wildman–Crippen LogP) is 9.30. The summed E-state index contributed by atoms with van der Waals surface area (Å²) in [6, 6.07) is 46.3. The highest BCUT2D eigenvalue weighted by molar-refractivity contribution is 5.95. The van der Waals surface area contributed by atoms with E-state index < -0.39 is 0 Å². The number of fused-ring (bicyclic) bond motifs is 3. The first kappa shape index (κ1) is 51.7. The minimum Gasteiger partial charge on any atom is -0.358 e. The van der Waals surface area contributed by atoms with Crippen molar-refractivity contribution in [2.45, 2.75) is 65.2 Å². The van der Waals surface area contributed by atoms with Crippen molar-refractivity contribution in [3.8, 4) is 0 Å². The number of carbonyl (C=O) groups excluding carboxylic acids is 6. The lowest BCUT2D eigenvalue weighted by atomic mass is 9.85. The maximum Gasteiger partial charge on any atom is 0.226 e. The molecule has 0 aliphatic heterocycles. The molecular weight excluding hydrogens is 955 g/mol. The molecule has 0 saturated carbocycles. The molecule has 0 aliphatic carbocycles. The van der Waals surface area contributed by atoms with E-state index >= 15 is 0 Å². The fourth-order valence-corrected chi connectivity index (χ4v) is 9.83. The van der Waals surface area contributed by atoms with Gasteiger partial charge >= 0.3 is 0 Å². The van der Waals surface area contributed by atoms with Gasteiger partial charge in [0.05, 0.1) is 19.3 Å². The number of anilines is 3. The van der Waals surface area contributed by atoms with E-state index in [0.29, 0.717) is 17.1 Å². The Hall–Kier alpha value is -9.24. The zero-order valence-corrected chi connectivity index (χ0v) is 42.7. The number of nitrogens with one attached hydrogen (secondary N) is 9. The van der Waals surface area contributed by atoms with Crippen molar-refractivity contribution < 1.29 is 28.8 Å². The highest BCUT2D eigenvalue weighted by Gasteiger charge is 2.20. The summed E-state index contributed by atoms with van der Waals surface area (Å²) < 4.78 is 0. The molecule has 0 radical (unpaired) electrons. The SMILES string of the molecule is Cc1[nH]c2ccccc2c1CC(=O)NCCC(=O)Nc1ccc(C(c2ccc(NC(=O)CCNC(=O)Cc3c(C)[nH]c4ccccc34)cc2)c2ccc(NC(=O)CCNC(=O)Cc3c(C)[nH]c4ccccc34)cc2)cc1. The van der Waals surface area contributed by atoms with Gasteiger partial charge in [-0.05, 0) is 109 Å². The van der Waals surface area contributed by atoms with Crippen LogP contribution in [0.15, 0.2) is 146 Å². The third kappa shape index (κ3) is 12.7. The van der Waals surface area contributed by atoms with E-state index in [1.54, 1.807) is 0 Å². The van der Waals surface area contributed by atoms with Crippen molar-refractivity contribution in [1.29, 1.82) is 0 Å². The summed E-state index contributed by atoms with van der Waals surface area (Å²) in [4.78, 5) is 87.7. The summed E-state index contributed by atoms with van der Waals surface area (Å²) in [5, 5.41) is 20.5. The monoisotopic (exact) mass is 1020 g/mol. The molecule has 0 fully saturated rings. The third-order valence-corrected chi connectivity index (χ3v) is 13.7. The molecule has 9 N–H and O–H groups in total. The minimum absolute atomic E-state index is 0.0923. The summed E-state index contributed by atoms with van der Waals surface area (Å²) in [5.74, 6) is -1.50. The zero-order valence-electron chi connectivity index (χ0n) is 42.7. The number of hydrogen-bond acceptors (Lipinski definition) is 6. The van der Waals surface area contributed by atoms with Crippen molar-refractivity contribution in [2.75, 3.05) is 35.6 Å². The van der Waals surface area contributed by atoms with Crippen LogP contribution in [0.4, 0.5) is 17.1 Å². The van der Waals surface area contributed by atoms with Crippen molar-refractivity contribution in [3.63, 3.8) is 0 Å². The fourth-order valence-electron chi connectivity index (χ4n) is 9.83. The molecule has 6 amide bonds. The van der Waals surface area contributed by atoms with E-state index in [1.165, 1.54) is 0 Å². The van der Waals surface area contributed by atoms with Crippen LogP contribution < -0.4 is 31.9 Å². The van der Waals surface area contributed by atoms with Crippen LogP contribution in [0.1, 0.15) is 75.6 Å². The number of para-hydroxylation sites is 3. The summed E-state index contributed by atoms with van der Waals surface area (Å²) in [6.45, 7) is 6.40. The van der Waals surface area contributed by atoms with Crippen LogP contribution in [0.25, 0.3) is 32.7 Å². The standard InChI is InChI=1S/C61H61N9O6/c1-37-49(46-10-4-7-13-52(46)65-37)34-58(74)62-31-28-55(71)68-43-22-16-40(17-23-43)61(41-18-24-44(25-19-41)69-56(72)29-32-63-59(75)35-50-38(2)66-53-14-8-5-11-47(50)53)42-20-26-45(27-21-42)70-57(73)30-33-64-60(76)36-51-39(3)67-54-15-9-6-12-48(51)54/h4-27,61,65-67H,28-36H2,1-3H3,(H,62,74)(H,63,75)(H,64,76)(H,68,71)(H,69,72)(H,70,73). The van der Waals surface area contributed by atoms with Crippen molar-refractivity contribution in [2.24, 2.45) is 0 Å². The van der Waals surface area contributed by atoms with Crippen LogP contribution in [-0.4, -0.2) is 70.0 Å². The van der Waals surface area contributed by atoms with Crippen molar-refractivity contribution in [3.05, 3.63) is 196 Å². The van der Waals surface area contributed by atoms with Crippen molar-refractivity contribution >= 4 is 85.2 Å². The first-order valence-corrected chi connectivity index (χ1v) is 25.5. The van der Waals surface area contributed by atoms with E-state index in [9.17, 15) is 28.8 Å². The molecule has 0 atom stereocenters. The molecule has 3 aromatic heterocycles. The number of aromatic nitrogens is 3. The van der Waals surface area contributed by atoms with E-state index in [0.717, 1.165) is 83.2 Å². The van der Waals surface area contributed by atoms with Crippen LogP contribution in [-0.2, 0) is 48.0 Å². The lowest BCUT2D eigenvalue weighted by Gasteiger charge is -2.20. The normalized spacial score (nSPS) is 11.2. The Balaban J connectivity index is 0.808. The van der Waals surface area contributed by atoms with Crippen molar-refractivity contribution in [1.82, 2.24) is 30.9 Å². The Morgan fingerprint density at radius 2 is 0.618 bits per heavy atom. The molecule has 0 spiro atoms. The van der Waals surface area contributed by atoms with Gasteiger partial charge < -0.3 is 46.9 Å². The quantitative estimate of drug-likeness (QED) is 0.0319. The number of aryl methyl sites for hydroxylation is 3. The average Bonchev–Trinajstić information content (AvgIpc) is 4.04. The molecule has 0 bridgehead atoms. The zero-order chi connectivity index (χ0) is 53.1. The Morgan fingerprint density at radius 1 is 0.355 bits per heavy atom. The third-order valence-electron chi connectivity index (χ3n) is 13.7. The highest BCUT2D eigenvalue weighted by Crippen LogP contribution is 2.34. The second-order valence-electron chi connectivity index (χ2n) is 19.1. The van der Waals surface area contributed by atoms with Gasteiger partial charge in [0.1, 0.15) is 0 Å². The lowest BCUT2D eigenvalue weighted by molar-refractivity contribution is -0.122. The van der Waals surface area contributed by atoms with E-state index in [4.69, 9.17) is 0 Å². The molecular formula is C61H61N9O6. The van der Waals surface area contributed by atoms with Gasteiger partial charge in [-0.1, -0.05) is 91.0 Å². The Bertz CT molecular complexity index is 3200. The van der Waals surface area contributed by atoms with Crippen LogP contribution in [0.2, 0.25) is 0 Å². The fraction of sp³-hybridized carbons (Fsp3) is 0.213. The van der Waals surface area contributed by atoms with Gasteiger partial charge in [-0.15, -0.1) is 0 Å². The second kappa shape index (κ2) is 23.7. The summed E-state index contributed by atoms with van der Waals surface area (Å²) in [6.07, 6.45) is 0.897. The Morgan fingerprint density at radius 3 is 0.895 bits per heavy atom. The molecule has 0 aliphatic rings. The first-order chi connectivity index (χ1) is 36.8. The Kier molecular flexibility index (Phi) is 16.1. The van der Waals surface area contributed by atoms with Crippen LogP contribution in [0.3, 0.4) is 0 Å². The molecule has 6 aromatic carbocycles. The van der Waals surface area contributed by atoms with Gasteiger partial charge in [-0.3, -0.25) is 28.8 Å². The lowest BCUT2D eigenvalue weighted by Crippen LogP contribution is -2.29. The highest BCUT2D eigenvalue weighted by atomic mass is 16.2. The topological polar surface area (TPSA) is 222 Å². The predicted molar refractivity (Wildman–Crippen MR) is 299 cm³/mol. The van der Waals surface area contributed by atoms with E-state index in [-0.39, 0.29) is 99.5 Å². The summed E-state index contributed by atoms with van der Waals surface area (Å²) in [7, 11) is 0. The van der Waals surface area contributed by atoms with E-state index in [2.05, 4.69) is 46.9 Å². The molecule has 0 unspecified atom stereocenters. The Labute approximate surface area is 440 Å². The minimum atomic E-state index is -0.290. The molecule has 76 heavy (non-hydrogen) atoms. The molecule has 9 rings (SSSR count). The first-order valence-electron chi connectivity index (χ1n) is 25.5. The molecule has 3 heterocycles. The average molecular weight is 1020 g/mol. The van der Waals surface area contributed by atoms with Gasteiger partial charge in [0, 0.05) is 112 Å². The summed E-state index contributed by atoms with van der Waals surface area (Å²) in [5.41, 5.74) is 13.1. The van der Waals surface area contributed by atoms with Crippen LogP contribution >= 0.6 is 0 Å². The molecule has 15 nitrogen and oxygen atoms in total. The van der Waals surface area contributed by atoms with Gasteiger partial charge in [-0.25, -0.2) is 0 Å². The number of rotatable bonds is 21. The van der Waals surface area contributed by atoms with Gasteiger partial charge in [0.15, 0.2) is 0 Å².